The maximum absolute atomic E-state index is 11.7. The average molecular weight is 307 g/mol. The van der Waals surface area contributed by atoms with E-state index in [9.17, 15) is 26.4 Å². The van der Waals surface area contributed by atoms with Gasteiger partial charge in [-0.2, -0.15) is 13.2 Å². The molecule has 1 aromatic rings. The summed E-state index contributed by atoms with van der Waals surface area (Å²) in [5.41, 5.74) is -0.730. The van der Waals surface area contributed by atoms with E-state index < -0.39 is 38.3 Å². The molecular formula is C7H6ClF3N2O4S. The van der Waals surface area contributed by atoms with Crippen molar-refractivity contribution in [2.45, 2.75) is 11.1 Å². The van der Waals surface area contributed by atoms with E-state index in [0.29, 0.717) is 0 Å². The lowest BCUT2D eigenvalue weighted by molar-refractivity contribution is -0.181. The van der Waals surface area contributed by atoms with Gasteiger partial charge in [-0.15, -0.1) is 0 Å². The predicted molar refractivity (Wildman–Crippen MR) is 54.4 cm³/mol. The molecule has 0 saturated carbocycles. The molecule has 0 spiro atoms. The molecule has 0 atom stereocenters. The van der Waals surface area contributed by atoms with Crippen LogP contribution in [0.4, 0.5) is 13.2 Å². The highest BCUT2D eigenvalue weighted by Crippen LogP contribution is 2.15. The van der Waals surface area contributed by atoms with Gasteiger partial charge in [0.1, 0.15) is 9.92 Å². The number of sulfonamides is 1. The summed E-state index contributed by atoms with van der Waals surface area (Å²) in [7, 11) is -4.35. The summed E-state index contributed by atoms with van der Waals surface area (Å²) in [6, 6.07) is 0.777. The van der Waals surface area contributed by atoms with E-state index in [1.807, 2.05) is 4.98 Å². The third-order valence-corrected chi connectivity index (χ3v) is 3.02. The molecule has 0 aliphatic carbocycles. The smallest absolute Gasteiger partial charge is 0.326 e. The van der Waals surface area contributed by atoms with Gasteiger partial charge in [0.2, 0.25) is 0 Å². The molecule has 11 heteroatoms. The Hall–Kier alpha value is -1.10. The summed E-state index contributed by atoms with van der Waals surface area (Å²) < 4.78 is 58.0. The first kappa shape index (κ1) is 15.0. The second-order valence-electron chi connectivity index (χ2n) is 3.00. The van der Waals surface area contributed by atoms with Gasteiger partial charge in [0, 0.05) is 6.20 Å². The van der Waals surface area contributed by atoms with Gasteiger partial charge in [-0.1, -0.05) is 16.5 Å². The number of hydrogen-bond acceptors (Lipinski definition) is 4. The van der Waals surface area contributed by atoms with Crippen LogP contribution in [-0.4, -0.2) is 26.2 Å². The number of alkyl halides is 3. The van der Waals surface area contributed by atoms with Crippen LogP contribution in [0.5, 0.6) is 0 Å². The van der Waals surface area contributed by atoms with E-state index in [-0.39, 0.29) is 0 Å². The van der Waals surface area contributed by atoms with Crippen LogP contribution < -0.4 is 10.4 Å². The largest absolute Gasteiger partial charge is 0.413 e. The van der Waals surface area contributed by atoms with Crippen LogP contribution in [0.15, 0.2) is 22.0 Å². The summed E-state index contributed by atoms with van der Waals surface area (Å²) in [5.74, 6) is 0. The van der Waals surface area contributed by atoms with E-state index in [0.717, 1.165) is 12.3 Å². The minimum Gasteiger partial charge on any atom is -0.326 e. The molecule has 1 rings (SSSR count). The molecule has 0 aliphatic rings. The van der Waals surface area contributed by atoms with Gasteiger partial charge < -0.3 is 4.98 Å². The van der Waals surface area contributed by atoms with Crippen molar-refractivity contribution in [3.63, 3.8) is 0 Å². The van der Waals surface area contributed by atoms with Gasteiger partial charge >= 0.3 is 6.18 Å². The maximum Gasteiger partial charge on any atom is 0.413 e. The zero-order valence-corrected chi connectivity index (χ0v) is 9.99. The fraction of sp³-hybridized carbons (Fsp3) is 0.286. The summed E-state index contributed by atoms with van der Waals surface area (Å²) in [5, 5.41) is -0.423. The van der Waals surface area contributed by atoms with Crippen molar-refractivity contribution in [3.05, 3.63) is 27.6 Å². The molecule has 0 amide bonds. The molecule has 6 nitrogen and oxygen atoms in total. The molecule has 1 heterocycles. The fourth-order valence-electron chi connectivity index (χ4n) is 0.830. The second kappa shape index (κ2) is 5.26. The van der Waals surface area contributed by atoms with Crippen LogP contribution in [0.1, 0.15) is 0 Å². The second-order valence-corrected chi connectivity index (χ2v) is 5.06. The van der Waals surface area contributed by atoms with Gasteiger partial charge in [-0.05, 0) is 6.07 Å². The zero-order chi connectivity index (χ0) is 14.0. The number of aromatic nitrogens is 1. The Morgan fingerprint density at radius 2 is 2.06 bits per heavy atom. The van der Waals surface area contributed by atoms with Crippen molar-refractivity contribution in [2.24, 2.45) is 0 Å². The summed E-state index contributed by atoms with van der Waals surface area (Å²) in [6.07, 6.45) is -3.90. The highest BCUT2D eigenvalue weighted by atomic mass is 35.5. The Kier molecular flexibility index (Phi) is 4.37. The molecule has 0 fully saturated rings. The van der Waals surface area contributed by atoms with Gasteiger partial charge in [-0.25, -0.2) is 8.42 Å². The number of rotatable bonds is 4. The van der Waals surface area contributed by atoms with E-state index in [2.05, 4.69) is 4.84 Å². The topological polar surface area (TPSA) is 88.3 Å². The number of nitrogens with one attached hydrogen (secondary N) is 2. The van der Waals surface area contributed by atoms with Crippen LogP contribution in [0, 0.1) is 0 Å². The Bertz CT molecular complexity index is 583. The first-order valence-electron chi connectivity index (χ1n) is 4.20. The van der Waals surface area contributed by atoms with Crippen molar-refractivity contribution in [2.75, 3.05) is 6.61 Å². The lowest BCUT2D eigenvalue weighted by atomic mass is 10.5. The number of H-pyrrole nitrogens is 1. The third kappa shape index (κ3) is 4.29. The Morgan fingerprint density at radius 3 is 2.56 bits per heavy atom. The van der Waals surface area contributed by atoms with Gasteiger partial charge in [0.25, 0.3) is 15.6 Å². The molecule has 0 saturated heterocycles. The van der Waals surface area contributed by atoms with Gasteiger partial charge in [0.15, 0.2) is 6.61 Å². The standard InChI is InChI=1S/C7H6ClF3N2O4S/c8-5-1-4(2-12-6(5)14)18(15,16)13-17-3-7(9,10)11/h1-2,13H,3H2,(H,12,14). The molecule has 2 N–H and O–H groups in total. The first-order valence-corrected chi connectivity index (χ1v) is 6.06. The summed E-state index contributed by atoms with van der Waals surface area (Å²) in [4.78, 5) is 17.4. The van der Waals surface area contributed by atoms with Crippen LogP contribution in [-0.2, 0) is 14.9 Å². The van der Waals surface area contributed by atoms with Crippen molar-refractivity contribution in [3.8, 4) is 0 Å². The number of halogens is 4. The van der Waals surface area contributed by atoms with Crippen molar-refractivity contribution >= 4 is 21.6 Å². The number of hydrogen-bond donors (Lipinski definition) is 2. The predicted octanol–water partition coefficient (Wildman–Crippen LogP) is 0.800. The molecular weight excluding hydrogens is 301 g/mol. The lowest BCUT2D eigenvalue weighted by Crippen LogP contribution is -2.30. The SMILES string of the molecule is O=c1[nH]cc(S(=O)(=O)NOCC(F)(F)F)cc1Cl. The zero-order valence-electron chi connectivity index (χ0n) is 8.41. The Morgan fingerprint density at radius 1 is 1.44 bits per heavy atom. The van der Waals surface area contributed by atoms with Crippen LogP contribution >= 0.6 is 11.6 Å². The summed E-state index contributed by atoms with van der Waals surface area (Å²) in [6.45, 7) is -1.79. The minimum absolute atomic E-state index is 0.423. The molecule has 0 unspecified atom stereocenters. The highest BCUT2D eigenvalue weighted by molar-refractivity contribution is 7.89. The normalized spacial score (nSPS) is 12.7. The lowest BCUT2D eigenvalue weighted by Gasteiger charge is -2.09. The van der Waals surface area contributed by atoms with E-state index in [4.69, 9.17) is 11.6 Å². The van der Waals surface area contributed by atoms with Crippen LogP contribution in [0.3, 0.4) is 0 Å². The molecule has 102 valence electrons. The van der Waals surface area contributed by atoms with E-state index in [1.54, 1.807) is 0 Å². The quantitative estimate of drug-likeness (QED) is 0.805. The third-order valence-electron chi connectivity index (χ3n) is 1.55. The molecule has 0 aromatic carbocycles. The van der Waals surface area contributed by atoms with Crippen LogP contribution in [0.2, 0.25) is 5.02 Å². The van der Waals surface area contributed by atoms with Crippen molar-refractivity contribution in [1.29, 1.82) is 0 Å². The Balaban J connectivity index is 2.81. The number of pyridine rings is 1. The minimum atomic E-state index is -4.68. The maximum atomic E-state index is 11.7. The van der Waals surface area contributed by atoms with Crippen molar-refractivity contribution in [1.82, 2.24) is 9.87 Å². The van der Waals surface area contributed by atoms with Crippen molar-refractivity contribution < 1.29 is 26.4 Å². The fourth-order valence-corrected chi connectivity index (χ4v) is 1.86. The van der Waals surface area contributed by atoms with E-state index >= 15 is 0 Å². The average Bonchev–Trinajstić information content (AvgIpc) is 2.19. The van der Waals surface area contributed by atoms with Gasteiger partial charge in [0.05, 0.1) is 0 Å². The number of aromatic amines is 1. The molecule has 18 heavy (non-hydrogen) atoms. The monoisotopic (exact) mass is 306 g/mol. The van der Waals surface area contributed by atoms with Crippen LogP contribution in [0.25, 0.3) is 0 Å². The molecule has 0 aliphatic heterocycles. The van der Waals surface area contributed by atoms with Gasteiger partial charge in [-0.3, -0.25) is 9.63 Å². The first-order chi connectivity index (χ1) is 8.12. The molecule has 0 bridgehead atoms. The molecule has 1 aromatic heterocycles. The molecule has 0 radical (unpaired) electrons. The van der Waals surface area contributed by atoms with E-state index in [1.165, 1.54) is 4.89 Å². The summed E-state index contributed by atoms with van der Waals surface area (Å²) >= 11 is 5.37. The highest BCUT2D eigenvalue weighted by Gasteiger charge is 2.29. The Labute approximate surface area is 104 Å².